The number of carbonyl (C=O) groups excluding carboxylic acids is 1. The van der Waals surface area contributed by atoms with Crippen molar-refractivity contribution in [3.05, 3.63) is 0 Å². The minimum absolute atomic E-state index is 0.0469. The van der Waals surface area contributed by atoms with E-state index in [1.54, 1.807) is 0 Å². The molecule has 27 heavy (non-hydrogen) atoms. The monoisotopic (exact) mass is 383 g/mol. The van der Waals surface area contributed by atoms with Crippen LogP contribution in [0.15, 0.2) is 0 Å². The van der Waals surface area contributed by atoms with Crippen LogP contribution >= 0.6 is 0 Å². The van der Waals surface area contributed by atoms with Gasteiger partial charge in [-0.2, -0.15) is 0 Å². The molecule has 6 heteroatoms. The number of hydrogen-bond donors (Lipinski definition) is 1. The zero-order valence-electron chi connectivity index (χ0n) is 17.2. The molecule has 0 aromatic carbocycles. The van der Waals surface area contributed by atoms with Crippen LogP contribution in [0.4, 0.5) is 0 Å². The second-order valence-electron chi connectivity index (χ2n) is 8.94. The molecule has 4 rings (SSSR count). The topological polar surface area (TPSA) is 66.0 Å². The molecule has 0 radical (unpaired) electrons. The van der Waals surface area contributed by atoms with Gasteiger partial charge >= 0.3 is 0 Å². The minimum atomic E-state index is -0.139. The van der Waals surface area contributed by atoms with Crippen molar-refractivity contribution in [1.82, 2.24) is 5.32 Å². The van der Waals surface area contributed by atoms with Gasteiger partial charge in [-0.15, -0.1) is 0 Å². The van der Waals surface area contributed by atoms with Crippen LogP contribution in [0.3, 0.4) is 0 Å². The SMILES string of the molecule is CC(C)C(=O)NC(COC1CCOCC1)C(C)OCC12CCC(CC1)OC2. The third kappa shape index (κ3) is 5.89. The van der Waals surface area contributed by atoms with E-state index in [2.05, 4.69) is 5.32 Å². The normalized spacial score (nSPS) is 31.0. The van der Waals surface area contributed by atoms with Crippen molar-refractivity contribution >= 4 is 5.91 Å². The fourth-order valence-corrected chi connectivity index (χ4v) is 4.15. The third-order valence-corrected chi connectivity index (χ3v) is 6.37. The van der Waals surface area contributed by atoms with E-state index >= 15 is 0 Å². The predicted octanol–water partition coefficient (Wildman–Crippen LogP) is 2.69. The Labute approximate surface area is 163 Å². The van der Waals surface area contributed by atoms with Gasteiger partial charge in [0.05, 0.1) is 44.2 Å². The fraction of sp³-hybridized carbons (Fsp3) is 0.952. The van der Waals surface area contributed by atoms with E-state index in [1.165, 1.54) is 12.8 Å². The molecule has 3 heterocycles. The van der Waals surface area contributed by atoms with E-state index in [0.717, 1.165) is 45.5 Å². The lowest BCUT2D eigenvalue weighted by molar-refractivity contribution is -0.154. The molecule has 0 aromatic heterocycles. The fourth-order valence-electron chi connectivity index (χ4n) is 4.15. The first-order valence-electron chi connectivity index (χ1n) is 10.7. The lowest BCUT2D eigenvalue weighted by atomic mass is 9.72. The van der Waals surface area contributed by atoms with Crippen LogP contribution in [0, 0.1) is 11.3 Å². The lowest BCUT2D eigenvalue weighted by Crippen LogP contribution is -2.51. The number of ether oxygens (including phenoxy) is 4. The molecule has 0 spiro atoms. The largest absolute Gasteiger partial charge is 0.381 e. The van der Waals surface area contributed by atoms with E-state index in [1.807, 2.05) is 20.8 Å². The molecule has 4 fully saturated rings. The molecule has 3 aliphatic heterocycles. The number of fused-ring (bicyclic) bond motifs is 3. The smallest absolute Gasteiger partial charge is 0.222 e. The van der Waals surface area contributed by atoms with Gasteiger partial charge in [-0.25, -0.2) is 0 Å². The minimum Gasteiger partial charge on any atom is -0.381 e. The van der Waals surface area contributed by atoms with E-state index in [-0.39, 0.29) is 35.5 Å². The highest BCUT2D eigenvalue weighted by Gasteiger charge is 2.42. The van der Waals surface area contributed by atoms with Gasteiger partial charge in [0.25, 0.3) is 0 Å². The molecule has 1 aliphatic carbocycles. The number of nitrogens with one attached hydrogen (secondary N) is 1. The van der Waals surface area contributed by atoms with Gasteiger partial charge in [0.2, 0.25) is 5.91 Å². The van der Waals surface area contributed by atoms with Crippen molar-refractivity contribution in [3.63, 3.8) is 0 Å². The Bertz CT molecular complexity index is 455. The first-order chi connectivity index (χ1) is 13.0. The number of hydrogen-bond acceptors (Lipinski definition) is 5. The number of carbonyl (C=O) groups is 1. The summed E-state index contributed by atoms with van der Waals surface area (Å²) in [5.74, 6) is -0.00547. The first kappa shape index (κ1) is 21.0. The van der Waals surface area contributed by atoms with Crippen LogP contribution in [0.1, 0.15) is 59.3 Å². The van der Waals surface area contributed by atoms with Gasteiger partial charge in [-0.05, 0) is 45.4 Å². The van der Waals surface area contributed by atoms with Crippen molar-refractivity contribution in [2.24, 2.45) is 11.3 Å². The van der Waals surface area contributed by atoms with E-state index in [4.69, 9.17) is 18.9 Å². The molecule has 2 unspecified atom stereocenters. The number of amides is 1. The molecule has 3 saturated heterocycles. The van der Waals surface area contributed by atoms with Crippen molar-refractivity contribution in [2.45, 2.75) is 83.6 Å². The highest BCUT2D eigenvalue weighted by molar-refractivity contribution is 5.78. The van der Waals surface area contributed by atoms with Crippen LogP contribution in [-0.4, -0.2) is 63.3 Å². The molecule has 6 nitrogen and oxygen atoms in total. The molecule has 4 aliphatic rings. The van der Waals surface area contributed by atoms with Crippen molar-refractivity contribution in [3.8, 4) is 0 Å². The van der Waals surface area contributed by atoms with Gasteiger partial charge in [0.15, 0.2) is 0 Å². The summed E-state index contributed by atoms with van der Waals surface area (Å²) < 4.78 is 23.7. The maximum atomic E-state index is 12.3. The summed E-state index contributed by atoms with van der Waals surface area (Å²) in [5, 5.41) is 3.13. The zero-order valence-corrected chi connectivity index (χ0v) is 17.2. The summed E-state index contributed by atoms with van der Waals surface area (Å²) in [6, 6.07) is -0.139. The van der Waals surface area contributed by atoms with Gasteiger partial charge < -0.3 is 24.3 Å². The standard InChI is InChI=1S/C21H37NO5/c1-15(2)20(23)22-19(12-25-18-6-10-24-11-7-18)16(3)26-13-21-8-4-17(5-9-21)27-14-21/h15-19H,4-14H2,1-3H3,(H,22,23). The molecule has 0 aromatic rings. The molecule has 2 bridgehead atoms. The van der Waals surface area contributed by atoms with E-state index < -0.39 is 0 Å². The predicted molar refractivity (Wildman–Crippen MR) is 103 cm³/mol. The molecule has 156 valence electrons. The van der Waals surface area contributed by atoms with E-state index in [9.17, 15) is 4.79 Å². The Balaban J connectivity index is 1.52. The summed E-state index contributed by atoms with van der Waals surface area (Å²) in [5.41, 5.74) is 0.164. The van der Waals surface area contributed by atoms with Crippen molar-refractivity contribution in [2.75, 3.05) is 33.0 Å². The van der Waals surface area contributed by atoms with Gasteiger partial charge in [0.1, 0.15) is 0 Å². The highest BCUT2D eigenvalue weighted by Crippen LogP contribution is 2.43. The molecular weight excluding hydrogens is 346 g/mol. The number of rotatable bonds is 9. The Kier molecular flexibility index (Phi) is 7.54. The second-order valence-corrected chi connectivity index (χ2v) is 8.94. The quantitative estimate of drug-likeness (QED) is 0.663. The Morgan fingerprint density at radius 1 is 1.15 bits per heavy atom. The maximum absolute atomic E-state index is 12.3. The van der Waals surface area contributed by atoms with Crippen LogP contribution in [-0.2, 0) is 23.7 Å². The summed E-state index contributed by atoms with van der Waals surface area (Å²) >= 11 is 0. The molecular formula is C21H37NO5. The van der Waals surface area contributed by atoms with Gasteiger partial charge in [-0.3, -0.25) is 4.79 Å². The average Bonchev–Trinajstić information content (AvgIpc) is 2.71. The Morgan fingerprint density at radius 2 is 1.85 bits per heavy atom. The summed E-state index contributed by atoms with van der Waals surface area (Å²) in [6.45, 7) is 9.37. The third-order valence-electron chi connectivity index (χ3n) is 6.37. The van der Waals surface area contributed by atoms with Gasteiger partial charge in [0, 0.05) is 24.5 Å². The molecule has 1 saturated carbocycles. The van der Waals surface area contributed by atoms with E-state index in [0.29, 0.717) is 19.3 Å². The highest BCUT2D eigenvalue weighted by atomic mass is 16.5. The Morgan fingerprint density at radius 3 is 2.44 bits per heavy atom. The first-order valence-corrected chi connectivity index (χ1v) is 10.7. The molecule has 1 N–H and O–H groups in total. The summed E-state index contributed by atoms with van der Waals surface area (Å²) in [4.78, 5) is 12.3. The Hall–Kier alpha value is -0.690. The van der Waals surface area contributed by atoms with Gasteiger partial charge in [-0.1, -0.05) is 13.8 Å². The second kappa shape index (κ2) is 9.68. The van der Waals surface area contributed by atoms with Crippen molar-refractivity contribution < 1.29 is 23.7 Å². The van der Waals surface area contributed by atoms with Crippen LogP contribution in [0.5, 0.6) is 0 Å². The average molecular weight is 384 g/mol. The maximum Gasteiger partial charge on any atom is 0.222 e. The van der Waals surface area contributed by atoms with Crippen LogP contribution in [0.2, 0.25) is 0 Å². The molecule has 2 atom stereocenters. The molecule has 1 amide bonds. The van der Waals surface area contributed by atoms with Crippen molar-refractivity contribution in [1.29, 1.82) is 0 Å². The lowest BCUT2D eigenvalue weighted by Gasteiger charge is -2.46. The van der Waals surface area contributed by atoms with Crippen LogP contribution < -0.4 is 5.32 Å². The zero-order chi connectivity index (χ0) is 19.3. The summed E-state index contributed by atoms with van der Waals surface area (Å²) in [6.07, 6.45) is 7.10. The van der Waals surface area contributed by atoms with Crippen LogP contribution in [0.25, 0.3) is 0 Å². The summed E-state index contributed by atoms with van der Waals surface area (Å²) in [7, 11) is 0.